The lowest BCUT2D eigenvalue weighted by Gasteiger charge is -2.50. The number of carbonyl (C=O) groups excluding carboxylic acids is 2. The number of nitrogens with zero attached hydrogens (tertiary/aromatic N) is 3. The number of morpholine rings is 1. The van der Waals surface area contributed by atoms with Gasteiger partial charge in [0.05, 0.1) is 48.8 Å². The van der Waals surface area contributed by atoms with Crippen molar-refractivity contribution in [1.29, 1.82) is 0 Å². The molecular weight excluding hydrogens is 665 g/mol. The first kappa shape index (κ1) is 33.4. The van der Waals surface area contributed by atoms with Gasteiger partial charge in [-0.3, -0.25) is 9.59 Å². The Morgan fingerprint density at radius 1 is 0.922 bits per heavy atom. The topological polar surface area (TPSA) is 110 Å². The number of fused-ring (bicyclic) bond motifs is 9. The Morgan fingerprint density at radius 2 is 1.63 bits per heavy atom. The highest BCUT2D eigenvalue weighted by Crippen LogP contribution is 2.66. The van der Waals surface area contributed by atoms with Crippen molar-refractivity contribution in [2.75, 3.05) is 40.5 Å². The number of sulfonamides is 1. The number of piperazine rings is 1. The molecule has 5 fully saturated rings. The number of benzene rings is 2. The van der Waals surface area contributed by atoms with Crippen molar-refractivity contribution >= 4 is 32.7 Å². The van der Waals surface area contributed by atoms with Crippen LogP contribution in [0.15, 0.2) is 36.4 Å². The molecule has 2 unspecified atom stereocenters. The number of hydrogen-bond acceptors (Lipinski definition) is 7. The fourth-order valence-corrected chi connectivity index (χ4v) is 12.0. The number of aromatic nitrogens is 1. The lowest BCUT2D eigenvalue weighted by molar-refractivity contribution is -0.160. The van der Waals surface area contributed by atoms with Crippen molar-refractivity contribution in [2.45, 2.75) is 106 Å². The second-order valence-electron chi connectivity index (χ2n) is 16.3. The van der Waals surface area contributed by atoms with Crippen LogP contribution in [0.1, 0.15) is 104 Å². The first-order valence-corrected chi connectivity index (χ1v) is 20.7. The average molecular weight is 715 g/mol. The zero-order valence-corrected chi connectivity index (χ0v) is 30.7. The lowest BCUT2D eigenvalue weighted by atomic mass is 9.81. The first-order chi connectivity index (χ1) is 24.7. The summed E-state index contributed by atoms with van der Waals surface area (Å²) < 4.78 is 43.2. The van der Waals surface area contributed by atoms with Crippen LogP contribution in [0.2, 0.25) is 0 Å². The highest BCUT2D eigenvalue weighted by molar-refractivity contribution is 7.90. The number of likely N-dealkylation sites (N-methyl/N-ethyl adjacent to an activating group) is 1. The molecule has 4 atom stereocenters. The summed E-state index contributed by atoms with van der Waals surface area (Å²) in [5, 5.41) is 0.559. The van der Waals surface area contributed by atoms with E-state index in [0.717, 1.165) is 85.1 Å². The van der Waals surface area contributed by atoms with Crippen molar-refractivity contribution in [3.05, 3.63) is 53.1 Å². The molecule has 3 aliphatic carbocycles. The van der Waals surface area contributed by atoms with E-state index in [2.05, 4.69) is 38.3 Å². The third-order valence-corrected chi connectivity index (χ3v) is 14.9. The standard InChI is InChI=1S/C40H50N4O6S/c1-42-20-27-22-50-23-28(21-42)44(27)39(46)40-19-34(40)33-18-29(49-2)14-16-31(33)37-36(25-9-5-3-6-10-25)32-15-13-26(17-35(32)43(37)24-40)38(45)41-51(47,48)30-11-7-4-8-12-30/h13-18,25,27-28,30,34H,3-12,19-24H2,1-2H3,(H,41,45)/t27-,28+,34?,40?. The van der Waals surface area contributed by atoms with Crippen LogP contribution in [0.4, 0.5) is 0 Å². The molecule has 2 amide bonds. The van der Waals surface area contributed by atoms with Gasteiger partial charge in [0.1, 0.15) is 5.75 Å². The van der Waals surface area contributed by atoms with Crippen LogP contribution in [0, 0.1) is 5.41 Å². The fraction of sp³-hybridized carbons (Fsp3) is 0.600. The Morgan fingerprint density at radius 3 is 2.33 bits per heavy atom. The Labute approximate surface area is 300 Å². The number of hydrogen-bond donors (Lipinski definition) is 1. The fourth-order valence-electron chi connectivity index (χ4n) is 10.5. The molecular formula is C40H50N4O6S. The van der Waals surface area contributed by atoms with Crippen LogP contribution in [-0.2, 0) is 26.1 Å². The van der Waals surface area contributed by atoms with Gasteiger partial charge in [-0.25, -0.2) is 13.1 Å². The molecule has 51 heavy (non-hydrogen) atoms. The minimum atomic E-state index is -3.79. The predicted octanol–water partition coefficient (Wildman–Crippen LogP) is 5.79. The molecule has 10 nitrogen and oxygen atoms in total. The summed E-state index contributed by atoms with van der Waals surface area (Å²) >= 11 is 0. The summed E-state index contributed by atoms with van der Waals surface area (Å²) in [6, 6.07) is 12.1. The summed E-state index contributed by atoms with van der Waals surface area (Å²) in [5.41, 5.74) is 5.32. The molecule has 9 rings (SSSR count). The third kappa shape index (κ3) is 5.52. The molecule has 1 N–H and O–H groups in total. The van der Waals surface area contributed by atoms with Gasteiger partial charge >= 0.3 is 0 Å². The van der Waals surface area contributed by atoms with Gasteiger partial charge in [-0.15, -0.1) is 0 Å². The maximum atomic E-state index is 15.2. The normalized spacial score (nSPS) is 28.4. The maximum absolute atomic E-state index is 15.2. The zero-order valence-electron chi connectivity index (χ0n) is 29.9. The molecule has 0 spiro atoms. The molecule has 11 heteroatoms. The largest absolute Gasteiger partial charge is 0.497 e. The van der Waals surface area contributed by atoms with E-state index in [0.29, 0.717) is 44.1 Å². The number of methoxy groups -OCH3 is 1. The number of amides is 2. The van der Waals surface area contributed by atoms with E-state index in [4.69, 9.17) is 9.47 Å². The van der Waals surface area contributed by atoms with Crippen LogP contribution in [0.25, 0.3) is 22.2 Å². The molecule has 3 saturated carbocycles. The van der Waals surface area contributed by atoms with Gasteiger partial charge in [-0.05, 0) is 86.5 Å². The first-order valence-electron chi connectivity index (χ1n) is 19.2. The minimum absolute atomic E-state index is 0.0127. The Hall–Kier alpha value is -3.41. The minimum Gasteiger partial charge on any atom is -0.497 e. The highest BCUT2D eigenvalue weighted by Gasteiger charge is 2.65. The summed E-state index contributed by atoms with van der Waals surface area (Å²) in [5.74, 6) is 0.797. The zero-order chi connectivity index (χ0) is 35.1. The van der Waals surface area contributed by atoms with Crippen molar-refractivity contribution in [3.63, 3.8) is 0 Å². The van der Waals surface area contributed by atoms with E-state index in [-0.39, 0.29) is 23.9 Å². The smallest absolute Gasteiger partial charge is 0.264 e. The molecule has 3 aliphatic heterocycles. The van der Waals surface area contributed by atoms with E-state index in [9.17, 15) is 13.2 Å². The Kier molecular flexibility index (Phi) is 8.27. The molecule has 1 aromatic heterocycles. The van der Waals surface area contributed by atoms with Crippen LogP contribution >= 0.6 is 0 Å². The SMILES string of the molecule is COc1ccc2c(c1)C1CC1(C(=O)N1[C@@H]3COC[C@H]1CN(C)C3)Cn1c-2c(C2CCCCC2)c2ccc(C(=O)NS(=O)(=O)C3CCCCC3)cc21. The maximum Gasteiger partial charge on any atom is 0.264 e. The molecule has 2 bridgehead atoms. The quantitative estimate of drug-likeness (QED) is 0.345. The van der Waals surface area contributed by atoms with Crippen LogP contribution in [0.3, 0.4) is 0 Å². The van der Waals surface area contributed by atoms with Gasteiger partial charge in [0.25, 0.3) is 5.91 Å². The van der Waals surface area contributed by atoms with Gasteiger partial charge in [0, 0.05) is 47.6 Å². The van der Waals surface area contributed by atoms with Crippen LogP contribution in [0.5, 0.6) is 5.75 Å². The van der Waals surface area contributed by atoms with E-state index in [1.54, 1.807) is 13.2 Å². The lowest BCUT2D eigenvalue weighted by Crippen LogP contribution is -2.66. The summed E-state index contributed by atoms with van der Waals surface area (Å²) in [6.07, 6.45) is 10.4. The number of rotatable bonds is 6. The number of ether oxygens (including phenoxy) is 2. The second-order valence-corrected chi connectivity index (χ2v) is 18.3. The van der Waals surface area contributed by atoms with Crippen LogP contribution < -0.4 is 9.46 Å². The Balaban J connectivity index is 1.19. The van der Waals surface area contributed by atoms with Crippen molar-refractivity contribution in [1.82, 2.24) is 19.1 Å². The molecule has 4 heterocycles. The summed E-state index contributed by atoms with van der Waals surface area (Å²) in [4.78, 5) is 33.4. The summed E-state index contributed by atoms with van der Waals surface area (Å²) in [7, 11) is 0.0239. The van der Waals surface area contributed by atoms with Gasteiger partial charge in [0.15, 0.2) is 0 Å². The number of nitrogens with one attached hydrogen (secondary N) is 1. The third-order valence-electron chi connectivity index (χ3n) is 13.1. The molecule has 2 aromatic carbocycles. The van der Waals surface area contributed by atoms with Crippen molar-refractivity contribution in [3.8, 4) is 17.0 Å². The van der Waals surface area contributed by atoms with Gasteiger partial charge in [0.2, 0.25) is 15.9 Å². The molecule has 2 saturated heterocycles. The van der Waals surface area contributed by atoms with Crippen molar-refractivity contribution in [2.24, 2.45) is 5.41 Å². The highest BCUT2D eigenvalue weighted by atomic mass is 32.2. The van der Waals surface area contributed by atoms with Crippen LogP contribution in [-0.4, -0.2) is 92.4 Å². The van der Waals surface area contributed by atoms with Crippen molar-refractivity contribution < 1.29 is 27.5 Å². The van der Waals surface area contributed by atoms with E-state index in [1.807, 2.05) is 18.2 Å². The van der Waals surface area contributed by atoms with E-state index < -0.39 is 26.6 Å². The molecule has 3 aromatic rings. The monoisotopic (exact) mass is 714 g/mol. The van der Waals surface area contributed by atoms with E-state index >= 15 is 4.79 Å². The average Bonchev–Trinajstić information content (AvgIpc) is 3.81. The van der Waals surface area contributed by atoms with Gasteiger partial charge in [-0.1, -0.05) is 44.6 Å². The molecule has 6 aliphatic rings. The summed E-state index contributed by atoms with van der Waals surface area (Å²) in [6.45, 7) is 3.18. The Bertz CT molecular complexity index is 1980. The van der Waals surface area contributed by atoms with Gasteiger partial charge in [-0.2, -0.15) is 0 Å². The van der Waals surface area contributed by atoms with Gasteiger partial charge < -0.3 is 23.8 Å². The number of carbonyl (C=O) groups is 2. The molecule has 272 valence electrons. The predicted molar refractivity (Wildman–Crippen MR) is 196 cm³/mol. The van der Waals surface area contributed by atoms with E-state index in [1.165, 1.54) is 24.8 Å². The molecule has 0 radical (unpaired) electrons. The second kappa shape index (κ2) is 12.6.